The number of carbonyl (C=O) groups excluding carboxylic acids is 2. The van der Waals surface area contributed by atoms with Gasteiger partial charge >= 0.3 is 0 Å². The zero-order valence-electron chi connectivity index (χ0n) is 14.4. The molecule has 0 saturated heterocycles. The van der Waals surface area contributed by atoms with E-state index in [9.17, 15) is 19.8 Å². The standard InChI is InChI=1S/C20H24O4/c1-5-6-12-16(22)11-7-8-13-19(2,3)14(21)9-10-20(13,4)15(11)18(24)17(12)23/h5,7-8,13-14,21-22H,1,6,9-10H2,2-4H3/t13-,14-,20-/m0/s1. The highest BCUT2D eigenvalue weighted by Gasteiger charge is 2.56. The molecule has 0 aliphatic heterocycles. The van der Waals surface area contributed by atoms with Gasteiger partial charge in [-0.2, -0.15) is 0 Å². The Morgan fingerprint density at radius 3 is 2.58 bits per heavy atom. The third-order valence-corrected chi connectivity index (χ3v) is 6.18. The molecule has 3 rings (SSSR count). The fourth-order valence-electron chi connectivity index (χ4n) is 4.75. The number of aliphatic hydroxyl groups excluding tert-OH is 2. The van der Waals surface area contributed by atoms with E-state index in [1.54, 1.807) is 6.08 Å². The molecule has 1 fully saturated rings. The van der Waals surface area contributed by atoms with Crippen LogP contribution in [0.2, 0.25) is 0 Å². The van der Waals surface area contributed by atoms with Gasteiger partial charge in [0.05, 0.1) is 6.10 Å². The van der Waals surface area contributed by atoms with Crippen LogP contribution in [0.5, 0.6) is 0 Å². The molecule has 3 aliphatic carbocycles. The van der Waals surface area contributed by atoms with Gasteiger partial charge in [-0.15, -0.1) is 6.58 Å². The number of rotatable bonds is 2. The number of fused-ring (bicyclic) bond motifs is 2. The van der Waals surface area contributed by atoms with Gasteiger partial charge < -0.3 is 10.2 Å². The molecule has 0 unspecified atom stereocenters. The summed E-state index contributed by atoms with van der Waals surface area (Å²) in [6.07, 6.45) is 6.11. The number of hydrogen-bond acceptors (Lipinski definition) is 4. The smallest absolute Gasteiger partial charge is 0.233 e. The number of Topliss-reactive ketones (excluding diaryl/α,β-unsaturated/α-hetero) is 2. The second-order valence-corrected chi connectivity index (χ2v) is 7.90. The number of allylic oxidation sites excluding steroid dienone is 5. The molecule has 0 bridgehead atoms. The molecule has 0 radical (unpaired) electrons. The Morgan fingerprint density at radius 2 is 1.96 bits per heavy atom. The molecule has 0 aromatic heterocycles. The van der Waals surface area contributed by atoms with E-state index < -0.39 is 28.5 Å². The van der Waals surface area contributed by atoms with Gasteiger partial charge in [0.2, 0.25) is 11.6 Å². The summed E-state index contributed by atoms with van der Waals surface area (Å²) in [5.74, 6) is -1.33. The van der Waals surface area contributed by atoms with Crippen LogP contribution in [0.15, 0.2) is 47.3 Å². The zero-order chi connectivity index (χ0) is 17.9. The highest BCUT2D eigenvalue weighted by molar-refractivity contribution is 6.50. The Bertz CT molecular complexity index is 735. The van der Waals surface area contributed by atoms with E-state index in [4.69, 9.17) is 0 Å². The summed E-state index contributed by atoms with van der Waals surface area (Å²) in [7, 11) is 0. The molecule has 2 N–H and O–H groups in total. The Balaban J connectivity index is 2.20. The molecule has 0 aromatic rings. The van der Waals surface area contributed by atoms with Crippen molar-refractivity contribution in [2.45, 2.75) is 46.1 Å². The molecule has 3 aliphatic rings. The number of aliphatic hydroxyl groups is 2. The molecule has 4 heteroatoms. The quantitative estimate of drug-likeness (QED) is 0.464. The van der Waals surface area contributed by atoms with Crippen LogP contribution >= 0.6 is 0 Å². The monoisotopic (exact) mass is 328 g/mol. The summed E-state index contributed by atoms with van der Waals surface area (Å²) < 4.78 is 0. The van der Waals surface area contributed by atoms with Crippen molar-refractivity contribution in [2.75, 3.05) is 0 Å². The first-order chi connectivity index (χ1) is 11.2. The van der Waals surface area contributed by atoms with Crippen LogP contribution in [0.25, 0.3) is 0 Å². The van der Waals surface area contributed by atoms with Crippen LogP contribution in [-0.4, -0.2) is 27.9 Å². The van der Waals surface area contributed by atoms with E-state index in [2.05, 4.69) is 6.58 Å². The highest BCUT2D eigenvalue weighted by Crippen LogP contribution is 2.59. The van der Waals surface area contributed by atoms with Gasteiger partial charge in [-0.05, 0) is 30.6 Å². The lowest BCUT2D eigenvalue weighted by molar-refractivity contribution is -0.134. The van der Waals surface area contributed by atoms with E-state index in [1.165, 1.54) is 6.08 Å². The van der Waals surface area contributed by atoms with Crippen molar-refractivity contribution in [1.29, 1.82) is 0 Å². The maximum absolute atomic E-state index is 12.9. The van der Waals surface area contributed by atoms with Crippen molar-refractivity contribution < 1.29 is 19.8 Å². The maximum atomic E-state index is 12.9. The van der Waals surface area contributed by atoms with Crippen LogP contribution in [0, 0.1) is 16.7 Å². The molecule has 4 nitrogen and oxygen atoms in total. The van der Waals surface area contributed by atoms with E-state index >= 15 is 0 Å². The Hall–Kier alpha value is -1.94. The summed E-state index contributed by atoms with van der Waals surface area (Å²) >= 11 is 0. The van der Waals surface area contributed by atoms with Crippen molar-refractivity contribution in [3.63, 3.8) is 0 Å². The minimum absolute atomic E-state index is 0.0713. The predicted molar refractivity (Wildman–Crippen MR) is 91.3 cm³/mol. The van der Waals surface area contributed by atoms with Crippen molar-refractivity contribution in [3.8, 4) is 0 Å². The normalized spacial score (nSPS) is 35.0. The molecular weight excluding hydrogens is 304 g/mol. The molecule has 0 heterocycles. The van der Waals surface area contributed by atoms with Gasteiger partial charge in [0.25, 0.3) is 0 Å². The summed E-state index contributed by atoms with van der Waals surface area (Å²) in [4.78, 5) is 25.4. The predicted octanol–water partition coefficient (Wildman–Crippen LogP) is 3.20. The van der Waals surface area contributed by atoms with Gasteiger partial charge in [0.1, 0.15) is 5.76 Å². The third-order valence-electron chi connectivity index (χ3n) is 6.18. The van der Waals surface area contributed by atoms with E-state index in [0.29, 0.717) is 24.0 Å². The average molecular weight is 328 g/mol. The van der Waals surface area contributed by atoms with Crippen molar-refractivity contribution >= 4 is 11.6 Å². The fourth-order valence-corrected chi connectivity index (χ4v) is 4.75. The third kappa shape index (κ3) is 2.02. The van der Waals surface area contributed by atoms with Gasteiger partial charge in [0.15, 0.2) is 0 Å². The number of hydrogen-bond donors (Lipinski definition) is 2. The highest BCUT2D eigenvalue weighted by atomic mass is 16.3. The largest absolute Gasteiger partial charge is 0.507 e. The van der Waals surface area contributed by atoms with Gasteiger partial charge in [-0.25, -0.2) is 0 Å². The number of ketones is 2. The molecule has 3 atom stereocenters. The first-order valence-corrected chi connectivity index (χ1v) is 8.39. The topological polar surface area (TPSA) is 74.6 Å². The molecule has 0 spiro atoms. The fraction of sp³-hybridized carbons (Fsp3) is 0.500. The van der Waals surface area contributed by atoms with Gasteiger partial charge in [0, 0.05) is 22.1 Å². The Labute approximate surface area is 142 Å². The Kier molecular flexibility index (Phi) is 3.72. The van der Waals surface area contributed by atoms with Crippen LogP contribution in [0.4, 0.5) is 0 Å². The van der Waals surface area contributed by atoms with Crippen LogP contribution in [0.3, 0.4) is 0 Å². The van der Waals surface area contributed by atoms with Crippen molar-refractivity contribution in [3.05, 3.63) is 47.3 Å². The molecule has 0 amide bonds. The van der Waals surface area contributed by atoms with Crippen LogP contribution in [-0.2, 0) is 9.59 Å². The van der Waals surface area contributed by atoms with Crippen LogP contribution in [0.1, 0.15) is 40.0 Å². The van der Waals surface area contributed by atoms with Crippen molar-refractivity contribution in [1.82, 2.24) is 0 Å². The average Bonchev–Trinajstić information content (AvgIpc) is 2.52. The molecule has 0 aromatic carbocycles. The van der Waals surface area contributed by atoms with E-state index in [1.807, 2.05) is 26.8 Å². The second kappa shape index (κ2) is 5.28. The SMILES string of the molecule is C=CCC1=C(O)C2=C(C(=O)C1=O)[C@@]1(C)CC[C@H](O)C(C)(C)[C@@H]1C=C2. The molecule has 128 valence electrons. The van der Waals surface area contributed by atoms with E-state index in [-0.39, 0.29) is 23.7 Å². The first kappa shape index (κ1) is 16.9. The summed E-state index contributed by atoms with van der Waals surface area (Å²) in [6, 6.07) is 0. The van der Waals surface area contributed by atoms with Crippen molar-refractivity contribution in [2.24, 2.45) is 16.7 Å². The summed E-state index contributed by atoms with van der Waals surface area (Å²) in [5.41, 5.74) is 0.0162. The maximum Gasteiger partial charge on any atom is 0.233 e. The lowest BCUT2D eigenvalue weighted by Gasteiger charge is -2.54. The Morgan fingerprint density at radius 1 is 1.29 bits per heavy atom. The van der Waals surface area contributed by atoms with Crippen LogP contribution < -0.4 is 0 Å². The molecular formula is C20H24O4. The first-order valence-electron chi connectivity index (χ1n) is 8.39. The van der Waals surface area contributed by atoms with E-state index in [0.717, 1.165) is 0 Å². The zero-order valence-corrected chi connectivity index (χ0v) is 14.4. The number of carbonyl (C=O) groups is 2. The van der Waals surface area contributed by atoms with Gasteiger partial charge in [-0.3, -0.25) is 9.59 Å². The lowest BCUT2D eigenvalue weighted by Crippen LogP contribution is -2.53. The minimum Gasteiger partial charge on any atom is -0.507 e. The second-order valence-electron chi connectivity index (χ2n) is 7.90. The molecule has 1 saturated carbocycles. The van der Waals surface area contributed by atoms with Gasteiger partial charge in [-0.1, -0.05) is 39.0 Å². The molecule has 24 heavy (non-hydrogen) atoms. The summed E-state index contributed by atoms with van der Waals surface area (Å²) in [5, 5.41) is 21.0. The lowest BCUT2D eigenvalue weighted by atomic mass is 9.50. The minimum atomic E-state index is -0.634. The summed E-state index contributed by atoms with van der Waals surface area (Å²) in [6.45, 7) is 9.54.